The highest BCUT2D eigenvalue weighted by Crippen LogP contribution is 1.85. The molecule has 0 aromatic rings. The molecule has 96 valence electrons. The topological polar surface area (TPSA) is 61.8 Å². The molecule has 0 N–H and O–H groups in total. The Kier molecular flexibility index (Phi) is 9.85. The smallest absolute Gasteiger partial charge is 0.330 e. The first kappa shape index (κ1) is 15.4. The summed E-state index contributed by atoms with van der Waals surface area (Å²) in [5.41, 5.74) is 0. The van der Waals surface area contributed by atoms with Gasteiger partial charge in [0.1, 0.15) is 13.2 Å². The minimum atomic E-state index is -0.393. The number of carbonyl (C=O) groups is 2. The molecule has 0 aromatic heterocycles. The number of rotatable bonds is 8. The third-order valence-electron chi connectivity index (χ3n) is 1.55. The summed E-state index contributed by atoms with van der Waals surface area (Å²) < 4.78 is 14.6. The van der Waals surface area contributed by atoms with Crippen LogP contribution in [0.15, 0.2) is 24.3 Å². The van der Waals surface area contributed by atoms with Crippen molar-refractivity contribution in [2.75, 3.05) is 26.4 Å². The lowest BCUT2D eigenvalue weighted by Crippen LogP contribution is -2.13. The molecule has 0 saturated carbocycles. The van der Waals surface area contributed by atoms with Gasteiger partial charge in [0.2, 0.25) is 0 Å². The van der Waals surface area contributed by atoms with Gasteiger partial charge >= 0.3 is 11.9 Å². The number of hydrogen-bond donors (Lipinski definition) is 0. The molecule has 0 aromatic carbocycles. The van der Waals surface area contributed by atoms with Crippen LogP contribution in [-0.4, -0.2) is 38.4 Å². The summed E-state index contributed by atoms with van der Waals surface area (Å²) in [6.45, 7) is 4.40. The average Bonchev–Trinajstić information content (AvgIpc) is 2.28. The highest BCUT2D eigenvalue weighted by atomic mass is 16.6. The largest absolute Gasteiger partial charge is 0.460 e. The van der Waals surface area contributed by atoms with E-state index in [1.807, 2.05) is 0 Å². The normalized spacial score (nSPS) is 10.9. The SMILES string of the molecule is CC=CC(=O)OCCOCCOC(=O)C=CC. The molecule has 0 atom stereocenters. The molecule has 0 aliphatic carbocycles. The van der Waals surface area contributed by atoms with Crippen LogP contribution in [0, 0.1) is 0 Å². The number of ether oxygens (including phenoxy) is 3. The molecule has 0 amide bonds. The maximum Gasteiger partial charge on any atom is 0.330 e. The van der Waals surface area contributed by atoms with E-state index in [9.17, 15) is 9.59 Å². The summed E-state index contributed by atoms with van der Waals surface area (Å²) in [6, 6.07) is 0. The average molecular weight is 242 g/mol. The summed E-state index contributed by atoms with van der Waals surface area (Å²) in [5.74, 6) is -0.786. The van der Waals surface area contributed by atoms with Gasteiger partial charge in [-0.05, 0) is 13.8 Å². The fourth-order valence-electron chi connectivity index (χ4n) is 0.873. The zero-order valence-corrected chi connectivity index (χ0v) is 10.2. The van der Waals surface area contributed by atoms with Gasteiger partial charge in [-0.15, -0.1) is 0 Å². The zero-order valence-electron chi connectivity index (χ0n) is 10.2. The van der Waals surface area contributed by atoms with Crippen molar-refractivity contribution in [1.29, 1.82) is 0 Å². The van der Waals surface area contributed by atoms with E-state index in [0.717, 1.165) is 0 Å². The van der Waals surface area contributed by atoms with Crippen molar-refractivity contribution in [2.24, 2.45) is 0 Å². The maximum atomic E-state index is 10.9. The van der Waals surface area contributed by atoms with Crippen LogP contribution < -0.4 is 0 Å². The van der Waals surface area contributed by atoms with E-state index in [1.165, 1.54) is 12.2 Å². The highest BCUT2D eigenvalue weighted by molar-refractivity contribution is 5.82. The lowest BCUT2D eigenvalue weighted by molar-refractivity contribution is -0.140. The van der Waals surface area contributed by atoms with Crippen LogP contribution in [0.5, 0.6) is 0 Å². The standard InChI is InChI=1S/C12H18O5/c1-3-5-11(13)16-9-7-15-8-10-17-12(14)6-4-2/h3-6H,7-10H2,1-2H3. The van der Waals surface area contributed by atoms with Crippen molar-refractivity contribution in [3.05, 3.63) is 24.3 Å². The molecule has 0 aliphatic rings. The van der Waals surface area contributed by atoms with Gasteiger partial charge in [-0.25, -0.2) is 9.59 Å². The zero-order chi connectivity index (χ0) is 12.9. The van der Waals surface area contributed by atoms with Gasteiger partial charge in [0.25, 0.3) is 0 Å². The van der Waals surface area contributed by atoms with Crippen molar-refractivity contribution in [1.82, 2.24) is 0 Å². The van der Waals surface area contributed by atoms with Crippen LogP contribution >= 0.6 is 0 Å². The Morgan fingerprint density at radius 2 is 1.24 bits per heavy atom. The van der Waals surface area contributed by atoms with Gasteiger partial charge in [-0.1, -0.05) is 12.2 Å². The Hall–Kier alpha value is -1.62. The number of allylic oxidation sites excluding steroid dienone is 2. The molecule has 5 heteroatoms. The number of hydrogen-bond acceptors (Lipinski definition) is 5. The third-order valence-corrected chi connectivity index (χ3v) is 1.55. The lowest BCUT2D eigenvalue weighted by Gasteiger charge is -2.04. The first-order valence-electron chi connectivity index (χ1n) is 5.37. The van der Waals surface area contributed by atoms with E-state index in [1.54, 1.807) is 26.0 Å². The second-order valence-corrected chi connectivity index (χ2v) is 2.95. The molecule has 0 fully saturated rings. The fourth-order valence-corrected chi connectivity index (χ4v) is 0.873. The van der Waals surface area contributed by atoms with Crippen LogP contribution in [0.3, 0.4) is 0 Å². The van der Waals surface area contributed by atoms with Crippen molar-refractivity contribution in [3.8, 4) is 0 Å². The second kappa shape index (κ2) is 10.9. The summed E-state index contributed by atoms with van der Waals surface area (Å²) >= 11 is 0. The molecule has 0 saturated heterocycles. The third kappa shape index (κ3) is 10.7. The molecule has 0 unspecified atom stereocenters. The van der Waals surface area contributed by atoms with E-state index in [4.69, 9.17) is 14.2 Å². The quantitative estimate of drug-likeness (QED) is 0.364. The number of esters is 2. The van der Waals surface area contributed by atoms with Crippen LogP contribution in [-0.2, 0) is 23.8 Å². The van der Waals surface area contributed by atoms with Crippen molar-refractivity contribution >= 4 is 11.9 Å². The molecule has 0 aliphatic heterocycles. The summed E-state index contributed by atoms with van der Waals surface area (Å²) in [5, 5.41) is 0. The van der Waals surface area contributed by atoms with E-state index < -0.39 is 11.9 Å². The second-order valence-electron chi connectivity index (χ2n) is 2.95. The fraction of sp³-hybridized carbons (Fsp3) is 0.500. The highest BCUT2D eigenvalue weighted by Gasteiger charge is 1.97. The first-order chi connectivity index (χ1) is 8.20. The van der Waals surface area contributed by atoms with Crippen molar-refractivity contribution < 1.29 is 23.8 Å². The predicted molar refractivity (Wildman–Crippen MR) is 62.4 cm³/mol. The molecule has 0 radical (unpaired) electrons. The molecule has 17 heavy (non-hydrogen) atoms. The van der Waals surface area contributed by atoms with E-state index in [-0.39, 0.29) is 26.4 Å². The lowest BCUT2D eigenvalue weighted by atomic mass is 10.5. The Morgan fingerprint density at radius 3 is 1.59 bits per heavy atom. The van der Waals surface area contributed by atoms with Crippen LogP contribution in [0.2, 0.25) is 0 Å². The van der Waals surface area contributed by atoms with Crippen LogP contribution in [0.4, 0.5) is 0 Å². The van der Waals surface area contributed by atoms with Crippen LogP contribution in [0.25, 0.3) is 0 Å². The van der Waals surface area contributed by atoms with Crippen molar-refractivity contribution in [3.63, 3.8) is 0 Å². The van der Waals surface area contributed by atoms with Crippen molar-refractivity contribution in [2.45, 2.75) is 13.8 Å². The first-order valence-corrected chi connectivity index (χ1v) is 5.37. The van der Waals surface area contributed by atoms with Gasteiger partial charge in [0.05, 0.1) is 13.2 Å². The maximum absolute atomic E-state index is 10.9. The number of carbonyl (C=O) groups excluding carboxylic acids is 2. The molecular formula is C12H18O5. The van der Waals surface area contributed by atoms with Gasteiger partial charge in [0.15, 0.2) is 0 Å². The molecule has 0 heterocycles. The Balaban J connectivity index is 3.30. The van der Waals surface area contributed by atoms with Gasteiger partial charge in [0, 0.05) is 12.2 Å². The van der Waals surface area contributed by atoms with Crippen LogP contribution in [0.1, 0.15) is 13.8 Å². The molecule has 0 rings (SSSR count). The molecule has 0 spiro atoms. The van der Waals surface area contributed by atoms with Gasteiger partial charge in [-0.2, -0.15) is 0 Å². The Bertz CT molecular complexity index is 253. The molecule has 0 bridgehead atoms. The predicted octanol–water partition coefficient (Wildman–Crippen LogP) is 1.24. The summed E-state index contributed by atoms with van der Waals surface area (Å²) in [6.07, 6.45) is 5.87. The van der Waals surface area contributed by atoms with E-state index in [2.05, 4.69) is 0 Å². The molecule has 5 nitrogen and oxygen atoms in total. The van der Waals surface area contributed by atoms with Gasteiger partial charge < -0.3 is 14.2 Å². The Labute approximate surface area is 101 Å². The van der Waals surface area contributed by atoms with Gasteiger partial charge in [-0.3, -0.25) is 0 Å². The Morgan fingerprint density at radius 1 is 0.824 bits per heavy atom. The minimum absolute atomic E-state index is 0.186. The summed E-state index contributed by atoms with van der Waals surface area (Å²) in [4.78, 5) is 21.7. The van der Waals surface area contributed by atoms with E-state index >= 15 is 0 Å². The summed E-state index contributed by atoms with van der Waals surface area (Å²) in [7, 11) is 0. The van der Waals surface area contributed by atoms with E-state index in [0.29, 0.717) is 0 Å². The minimum Gasteiger partial charge on any atom is -0.460 e. The molecular weight excluding hydrogens is 224 g/mol. The monoisotopic (exact) mass is 242 g/mol.